The monoisotopic (exact) mass is 225 g/mol. The van der Waals surface area contributed by atoms with Crippen molar-refractivity contribution in [2.45, 2.75) is 0 Å². The molecule has 0 spiro atoms. The van der Waals surface area contributed by atoms with Crippen molar-refractivity contribution in [1.82, 2.24) is 4.98 Å². The maximum atomic E-state index is 5.29. The average Bonchev–Trinajstić information content (AvgIpc) is 2.87. The van der Waals surface area contributed by atoms with E-state index in [0.717, 1.165) is 28.0 Å². The molecule has 3 nitrogen and oxygen atoms in total. The minimum Gasteiger partial charge on any atom is -0.497 e. The molecule has 0 atom stereocenters. The van der Waals surface area contributed by atoms with Crippen LogP contribution in [0, 0.1) is 0 Å². The topological polar surface area (TPSA) is 35.3 Å². The van der Waals surface area contributed by atoms with Gasteiger partial charge in [0.1, 0.15) is 11.3 Å². The number of oxazole rings is 1. The molecule has 0 radical (unpaired) electrons. The minimum absolute atomic E-state index is 0.804. The van der Waals surface area contributed by atoms with E-state index in [9.17, 15) is 0 Å². The minimum atomic E-state index is 0.804. The molecular formula is C14H11NO2. The Labute approximate surface area is 98.7 Å². The fraction of sp³-hybridized carbons (Fsp3) is 0.0714. The van der Waals surface area contributed by atoms with Gasteiger partial charge in [0.2, 0.25) is 0 Å². The third-order valence-corrected chi connectivity index (χ3v) is 2.76. The maximum absolute atomic E-state index is 5.29. The van der Waals surface area contributed by atoms with Crippen molar-refractivity contribution in [2.75, 3.05) is 7.11 Å². The first-order valence-electron chi connectivity index (χ1n) is 5.35. The second-order valence-corrected chi connectivity index (χ2v) is 3.73. The normalized spacial score (nSPS) is 10.6. The number of benzene rings is 2. The van der Waals surface area contributed by atoms with Gasteiger partial charge in [0.25, 0.3) is 0 Å². The van der Waals surface area contributed by atoms with Gasteiger partial charge < -0.3 is 9.15 Å². The standard InChI is InChI=1S/C14H11NO2/c1-16-11-7-5-10(6-8-11)12-3-2-4-13-14(12)15-9-17-13/h2-9H,1H3. The van der Waals surface area contributed by atoms with Crippen molar-refractivity contribution in [2.24, 2.45) is 0 Å². The lowest BCUT2D eigenvalue weighted by atomic mass is 10.0. The number of hydrogen-bond acceptors (Lipinski definition) is 3. The van der Waals surface area contributed by atoms with Crippen LogP contribution < -0.4 is 4.74 Å². The predicted molar refractivity (Wildman–Crippen MR) is 66.0 cm³/mol. The number of methoxy groups -OCH3 is 1. The van der Waals surface area contributed by atoms with E-state index in [-0.39, 0.29) is 0 Å². The molecule has 0 fully saturated rings. The Hall–Kier alpha value is -2.29. The summed E-state index contributed by atoms with van der Waals surface area (Å²) in [5, 5.41) is 0. The smallest absolute Gasteiger partial charge is 0.182 e. The first kappa shape index (κ1) is 9.90. The van der Waals surface area contributed by atoms with Gasteiger partial charge in [0.05, 0.1) is 7.11 Å². The molecule has 0 aliphatic heterocycles. The fourth-order valence-electron chi connectivity index (χ4n) is 1.89. The van der Waals surface area contributed by atoms with E-state index >= 15 is 0 Å². The Morgan fingerprint density at radius 3 is 2.65 bits per heavy atom. The van der Waals surface area contributed by atoms with Crippen LogP contribution in [0.1, 0.15) is 0 Å². The molecule has 1 heterocycles. The molecule has 0 bridgehead atoms. The fourth-order valence-corrected chi connectivity index (χ4v) is 1.89. The molecule has 0 N–H and O–H groups in total. The van der Waals surface area contributed by atoms with Gasteiger partial charge in [-0.15, -0.1) is 0 Å². The van der Waals surface area contributed by atoms with Crippen molar-refractivity contribution in [3.05, 3.63) is 48.9 Å². The first-order valence-corrected chi connectivity index (χ1v) is 5.35. The number of rotatable bonds is 2. The van der Waals surface area contributed by atoms with Crippen molar-refractivity contribution in [1.29, 1.82) is 0 Å². The summed E-state index contributed by atoms with van der Waals surface area (Å²) in [4.78, 5) is 4.24. The highest BCUT2D eigenvalue weighted by Gasteiger charge is 2.06. The van der Waals surface area contributed by atoms with E-state index in [1.807, 2.05) is 42.5 Å². The van der Waals surface area contributed by atoms with Crippen LogP contribution in [0.4, 0.5) is 0 Å². The largest absolute Gasteiger partial charge is 0.497 e. The average molecular weight is 225 g/mol. The molecule has 0 saturated carbocycles. The van der Waals surface area contributed by atoms with E-state index in [1.54, 1.807) is 7.11 Å². The lowest BCUT2D eigenvalue weighted by Gasteiger charge is -2.03. The molecule has 0 amide bonds. The zero-order valence-corrected chi connectivity index (χ0v) is 9.38. The van der Waals surface area contributed by atoms with Gasteiger partial charge >= 0.3 is 0 Å². The quantitative estimate of drug-likeness (QED) is 0.669. The summed E-state index contributed by atoms with van der Waals surface area (Å²) >= 11 is 0. The number of hydrogen-bond donors (Lipinski definition) is 0. The Balaban J connectivity index is 2.16. The molecule has 1 aromatic heterocycles. The van der Waals surface area contributed by atoms with Crippen molar-refractivity contribution in [3.8, 4) is 16.9 Å². The molecule has 0 saturated heterocycles. The Bertz CT molecular complexity index is 641. The van der Waals surface area contributed by atoms with Gasteiger partial charge in [-0.05, 0) is 23.8 Å². The van der Waals surface area contributed by atoms with E-state index in [1.165, 1.54) is 6.39 Å². The molecule has 0 aliphatic carbocycles. The van der Waals surface area contributed by atoms with E-state index < -0.39 is 0 Å². The van der Waals surface area contributed by atoms with Crippen LogP contribution in [0.5, 0.6) is 5.75 Å². The summed E-state index contributed by atoms with van der Waals surface area (Å²) in [5.41, 5.74) is 3.86. The second-order valence-electron chi connectivity index (χ2n) is 3.73. The molecule has 3 aromatic rings. The van der Waals surface area contributed by atoms with Crippen molar-refractivity contribution in [3.63, 3.8) is 0 Å². The summed E-state index contributed by atoms with van der Waals surface area (Å²) in [6.07, 6.45) is 1.47. The summed E-state index contributed by atoms with van der Waals surface area (Å²) in [6, 6.07) is 13.8. The first-order chi connectivity index (χ1) is 8.38. The lowest BCUT2D eigenvalue weighted by Crippen LogP contribution is -1.83. The molecule has 17 heavy (non-hydrogen) atoms. The van der Waals surface area contributed by atoms with Gasteiger partial charge in [-0.3, -0.25) is 0 Å². The number of aromatic nitrogens is 1. The van der Waals surface area contributed by atoms with Crippen LogP contribution in [0.3, 0.4) is 0 Å². The van der Waals surface area contributed by atoms with Crippen LogP contribution in [-0.2, 0) is 0 Å². The Morgan fingerprint density at radius 2 is 1.88 bits per heavy atom. The molecular weight excluding hydrogens is 214 g/mol. The number of nitrogens with zero attached hydrogens (tertiary/aromatic N) is 1. The number of fused-ring (bicyclic) bond motifs is 1. The highest BCUT2D eigenvalue weighted by Crippen LogP contribution is 2.28. The van der Waals surface area contributed by atoms with Gasteiger partial charge in [-0.1, -0.05) is 24.3 Å². The summed E-state index contributed by atoms with van der Waals surface area (Å²) in [7, 11) is 1.66. The summed E-state index contributed by atoms with van der Waals surface area (Å²) < 4.78 is 10.4. The molecule has 0 unspecified atom stereocenters. The molecule has 0 aliphatic rings. The van der Waals surface area contributed by atoms with E-state index in [2.05, 4.69) is 4.98 Å². The second kappa shape index (κ2) is 3.94. The maximum Gasteiger partial charge on any atom is 0.182 e. The molecule has 84 valence electrons. The SMILES string of the molecule is COc1ccc(-c2cccc3ocnc23)cc1. The van der Waals surface area contributed by atoms with Crippen LogP contribution in [0.2, 0.25) is 0 Å². The van der Waals surface area contributed by atoms with Crippen LogP contribution in [0.15, 0.2) is 53.3 Å². The van der Waals surface area contributed by atoms with Gasteiger partial charge in [-0.2, -0.15) is 0 Å². The van der Waals surface area contributed by atoms with Crippen LogP contribution in [-0.4, -0.2) is 12.1 Å². The summed E-state index contributed by atoms with van der Waals surface area (Å²) in [6.45, 7) is 0. The van der Waals surface area contributed by atoms with Crippen molar-refractivity contribution < 1.29 is 9.15 Å². The molecule has 3 rings (SSSR count). The van der Waals surface area contributed by atoms with Crippen molar-refractivity contribution >= 4 is 11.1 Å². The number of para-hydroxylation sites is 1. The third kappa shape index (κ3) is 1.65. The Morgan fingerprint density at radius 1 is 1.06 bits per heavy atom. The predicted octanol–water partition coefficient (Wildman–Crippen LogP) is 3.50. The van der Waals surface area contributed by atoms with Gasteiger partial charge in [0, 0.05) is 5.56 Å². The lowest BCUT2D eigenvalue weighted by molar-refractivity contribution is 0.415. The highest BCUT2D eigenvalue weighted by molar-refractivity contribution is 5.90. The van der Waals surface area contributed by atoms with Crippen LogP contribution >= 0.6 is 0 Å². The zero-order chi connectivity index (χ0) is 11.7. The highest BCUT2D eigenvalue weighted by atomic mass is 16.5. The molecule has 2 aromatic carbocycles. The van der Waals surface area contributed by atoms with Crippen LogP contribution in [0.25, 0.3) is 22.2 Å². The van der Waals surface area contributed by atoms with E-state index in [0.29, 0.717) is 0 Å². The van der Waals surface area contributed by atoms with Gasteiger partial charge in [-0.25, -0.2) is 4.98 Å². The summed E-state index contributed by atoms with van der Waals surface area (Å²) in [5.74, 6) is 0.848. The van der Waals surface area contributed by atoms with E-state index in [4.69, 9.17) is 9.15 Å². The third-order valence-electron chi connectivity index (χ3n) is 2.76. The van der Waals surface area contributed by atoms with Gasteiger partial charge in [0.15, 0.2) is 12.0 Å². The Kier molecular flexibility index (Phi) is 2.29. The molecule has 3 heteroatoms. The number of ether oxygens (including phenoxy) is 1. The zero-order valence-electron chi connectivity index (χ0n) is 9.38.